The van der Waals surface area contributed by atoms with Crippen molar-refractivity contribution in [3.63, 3.8) is 0 Å². The van der Waals surface area contributed by atoms with Gasteiger partial charge < -0.3 is 0 Å². The Bertz CT molecular complexity index is 908. The van der Waals surface area contributed by atoms with Gasteiger partial charge in [-0.25, -0.2) is 4.68 Å². The van der Waals surface area contributed by atoms with Gasteiger partial charge in [-0.05, 0) is 18.2 Å². The summed E-state index contributed by atoms with van der Waals surface area (Å²) >= 11 is 5.02. The number of benzene rings is 1. The van der Waals surface area contributed by atoms with Gasteiger partial charge in [-0.1, -0.05) is 40.2 Å². The Morgan fingerprint density at radius 3 is 2.79 bits per heavy atom. The normalized spacial score (nSPS) is 12.0. The fourth-order valence-electron chi connectivity index (χ4n) is 2.06. The van der Waals surface area contributed by atoms with Crippen LogP contribution in [0.3, 0.4) is 0 Å². The third kappa shape index (κ3) is 3.96. The second-order valence-corrected chi connectivity index (χ2v) is 6.63. The van der Waals surface area contributed by atoms with Crippen molar-refractivity contribution in [3.05, 3.63) is 81.7 Å². The van der Waals surface area contributed by atoms with Gasteiger partial charge in [-0.3, -0.25) is 9.98 Å². The lowest BCUT2D eigenvalue weighted by Gasteiger charge is -2.03. The van der Waals surface area contributed by atoms with E-state index in [0.29, 0.717) is 6.54 Å². The van der Waals surface area contributed by atoms with Crippen LogP contribution in [-0.2, 0) is 0 Å². The van der Waals surface area contributed by atoms with Crippen molar-refractivity contribution >= 4 is 33.5 Å². The number of rotatable bonds is 5. The molecule has 0 saturated heterocycles. The van der Waals surface area contributed by atoms with E-state index in [1.165, 1.54) is 0 Å². The van der Waals surface area contributed by atoms with Crippen LogP contribution in [0, 0.1) is 0 Å². The molecule has 0 aliphatic carbocycles. The first-order valence-corrected chi connectivity index (χ1v) is 8.97. The Kier molecular flexibility index (Phi) is 5.51. The van der Waals surface area contributed by atoms with Crippen LogP contribution < -0.4 is 4.80 Å². The highest BCUT2D eigenvalue weighted by atomic mass is 79.9. The molecule has 2 aromatic heterocycles. The molecule has 6 heteroatoms. The molecule has 0 fully saturated rings. The Morgan fingerprint density at radius 1 is 1.25 bits per heavy atom. The summed E-state index contributed by atoms with van der Waals surface area (Å²) in [6.45, 7) is 4.28. The minimum atomic E-state index is 0.558. The molecule has 0 amide bonds. The number of halogens is 1. The predicted octanol–water partition coefficient (Wildman–Crippen LogP) is 4.34. The average molecular weight is 399 g/mol. The summed E-state index contributed by atoms with van der Waals surface area (Å²) < 4.78 is 2.90. The molecule has 1 aromatic carbocycles. The zero-order valence-corrected chi connectivity index (χ0v) is 15.2. The third-order valence-corrected chi connectivity index (χ3v) is 4.57. The Balaban J connectivity index is 2.06. The number of nitrogens with zero attached hydrogens (tertiary/aromatic N) is 4. The highest BCUT2D eigenvalue weighted by Gasteiger charge is 2.07. The molecule has 0 saturated carbocycles. The van der Waals surface area contributed by atoms with Crippen LogP contribution in [-0.4, -0.2) is 22.4 Å². The van der Waals surface area contributed by atoms with Gasteiger partial charge in [-0.15, -0.1) is 17.9 Å². The first-order chi connectivity index (χ1) is 11.8. The van der Waals surface area contributed by atoms with Gasteiger partial charge in [0.2, 0.25) is 4.80 Å². The summed E-state index contributed by atoms with van der Waals surface area (Å²) in [6, 6.07) is 12.0. The monoisotopic (exact) mass is 398 g/mol. The standard InChI is InChI=1S/C18H15BrN4S/c1-2-9-21-18-23(22-12-14-4-3-10-20-11-14)17(13-24-18)15-5-7-16(19)8-6-15/h2-8,10-13H,1,9H2/b21-18?,22-12+. The largest absolute Gasteiger partial charge is 0.264 e. The van der Waals surface area contributed by atoms with Crippen molar-refractivity contribution < 1.29 is 0 Å². The van der Waals surface area contributed by atoms with Gasteiger partial charge in [-0.2, -0.15) is 5.10 Å². The van der Waals surface area contributed by atoms with E-state index in [2.05, 4.69) is 55.1 Å². The molecule has 120 valence electrons. The maximum Gasteiger partial charge on any atom is 0.206 e. The van der Waals surface area contributed by atoms with Gasteiger partial charge in [0.05, 0.1) is 18.5 Å². The molecule has 4 nitrogen and oxygen atoms in total. The molecule has 2 heterocycles. The van der Waals surface area contributed by atoms with E-state index in [0.717, 1.165) is 26.1 Å². The van der Waals surface area contributed by atoms with Crippen LogP contribution in [0.1, 0.15) is 5.56 Å². The number of pyridine rings is 1. The molecule has 0 aliphatic heterocycles. The molecule has 3 rings (SSSR count). The molecule has 0 aliphatic rings. The molecule has 0 spiro atoms. The quantitative estimate of drug-likeness (QED) is 0.465. The molecule has 0 bridgehead atoms. The van der Waals surface area contributed by atoms with E-state index >= 15 is 0 Å². The highest BCUT2D eigenvalue weighted by molar-refractivity contribution is 9.10. The van der Waals surface area contributed by atoms with Crippen molar-refractivity contribution in [3.8, 4) is 11.3 Å². The minimum absolute atomic E-state index is 0.558. The smallest absolute Gasteiger partial charge is 0.206 e. The molecule has 0 N–H and O–H groups in total. The summed E-state index contributed by atoms with van der Waals surface area (Å²) in [7, 11) is 0. The van der Waals surface area contributed by atoms with Gasteiger partial charge >= 0.3 is 0 Å². The van der Waals surface area contributed by atoms with Crippen LogP contribution in [0.5, 0.6) is 0 Å². The zero-order valence-electron chi connectivity index (χ0n) is 12.8. The number of aromatic nitrogens is 2. The van der Waals surface area contributed by atoms with Gasteiger partial charge in [0, 0.05) is 33.4 Å². The van der Waals surface area contributed by atoms with Crippen LogP contribution in [0.4, 0.5) is 0 Å². The summed E-state index contributed by atoms with van der Waals surface area (Å²) in [6.07, 6.45) is 7.08. The summed E-state index contributed by atoms with van der Waals surface area (Å²) in [5.41, 5.74) is 3.01. The van der Waals surface area contributed by atoms with Crippen molar-refractivity contribution in [2.45, 2.75) is 0 Å². The zero-order chi connectivity index (χ0) is 16.8. The maximum absolute atomic E-state index is 4.61. The topological polar surface area (TPSA) is 42.5 Å². The molecular formula is C18H15BrN4S. The first kappa shape index (κ1) is 16.5. The summed E-state index contributed by atoms with van der Waals surface area (Å²) in [5, 5.41) is 6.67. The van der Waals surface area contributed by atoms with Crippen LogP contribution >= 0.6 is 27.3 Å². The average Bonchev–Trinajstić information content (AvgIpc) is 3.02. The third-order valence-electron chi connectivity index (χ3n) is 3.19. The predicted molar refractivity (Wildman–Crippen MR) is 103 cm³/mol. The minimum Gasteiger partial charge on any atom is -0.264 e. The second-order valence-electron chi connectivity index (χ2n) is 4.88. The van der Waals surface area contributed by atoms with Crippen LogP contribution in [0.25, 0.3) is 11.3 Å². The summed E-state index contributed by atoms with van der Waals surface area (Å²) in [5.74, 6) is 0. The van der Waals surface area contributed by atoms with E-state index in [4.69, 9.17) is 0 Å². The molecule has 0 atom stereocenters. The fraction of sp³-hybridized carbons (Fsp3) is 0.0556. The molecule has 24 heavy (non-hydrogen) atoms. The first-order valence-electron chi connectivity index (χ1n) is 7.30. The SMILES string of the molecule is C=CCN=c1scc(-c2ccc(Br)cc2)n1/N=C/c1cccnc1. The van der Waals surface area contributed by atoms with E-state index in [1.54, 1.807) is 36.0 Å². The lowest BCUT2D eigenvalue weighted by Crippen LogP contribution is -2.12. The van der Waals surface area contributed by atoms with Crippen molar-refractivity contribution in [2.75, 3.05) is 6.54 Å². The second kappa shape index (κ2) is 7.99. The lowest BCUT2D eigenvalue weighted by atomic mass is 10.2. The number of hydrogen-bond donors (Lipinski definition) is 0. The van der Waals surface area contributed by atoms with Crippen molar-refractivity contribution in [1.82, 2.24) is 9.66 Å². The molecular weight excluding hydrogens is 384 g/mol. The number of thiazole rings is 1. The van der Waals surface area contributed by atoms with E-state index < -0.39 is 0 Å². The lowest BCUT2D eigenvalue weighted by molar-refractivity contribution is 0.840. The summed E-state index contributed by atoms with van der Waals surface area (Å²) in [4.78, 5) is 9.46. The van der Waals surface area contributed by atoms with Gasteiger partial charge in [0.15, 0.2) is 0 Å². The van der Waals surface area contributed by atoms with E-state index in [1.807, 2.05) is 28.9 Å². The number of hydrogen-bond acceptors (Lipinski definition) is 4. The van der Waals surface area contributed by atoms with Gasteiger partial charge in [0.25, 0.3) is 0 Å². The van der Waals surface area contributed by atoms with Crippen molar-refractivity contribution in [2.24, 2.45) is 10.1 Å². The Labute approximate surface area is 152 Å². The Hall–Kier alpha value is -2.31. The molecule has 3 aromatic rings. The molecule has 0 unspecified atom stereocenters. The van der Waals surface area contributed by atoms with Crippen molar-refractivity contribution in [1.29, 1.82) is 0 Å². The van der Waals surface area contributed by atoms with Crippen LogP contribution in [0.15, 0.2) is 81.4 Å². The van der Waals surface area contributed by atoms with E-state index in [9.17, 15) is 0 Å². The van der Waals surface area contributed by atoms with Gasteiger partial charge in [0.1, 0.15) is 0 Å². The Morgan fingerprint density at radius 2 is 2.08 bits per heavy atom. The van der Waals surface area contributed by atoms with Crippen LogP contribution in [0.2, 0.25) is 0 Å². The fourth-order valence-corrected chi connectivity index (χ4v) is 3.17. The van der Waals surface area contributed by atoms with E-state index in [-0.39, 0.29) is 0 Å². The molecule has 0 radical (unpaired) electrons. The maximum atomic E-state index is 4.61. The highest BCUT2D eigenvalue weighted by Crippen LogP contribution is 2.22.